The number of hydrogen-bond acceptors (Lipinski definition) is 3. The van der Waals surface area contributed by atoms with Crippen molar-refractivity contribution in [2.24, 2.45) is 4.99 Å². The Morgan fingerprint density at radius 1 is 1.33 bits per heavy atom. The number of guanidine groups is 1. The van der Waals surface area contributed by atoms with Crippen LogP contribution < -0.4 is 10.6 Å². The van der Waals surface area contributed by atoms with Crippen molar-refractivity contribution in [2.75, 3.05) is 13.1 Å². The van der Waals surface area contributed by atoms with E-state index < -0.39 is 0 Å². The molecule has 0 amide bonds. The van der Waals surface area contributed by atoms with Gasteiger partial charge < -0.3 is 19.5 Å². The Kier molecular flexibility index (Phi) is 5.49. The highest BCUT2D eigenvalue weighted by Gasteiger charge is 2.11. The van der Waals surface area contributed by atoms with Crippen LogP contribution in [-0.4, -0.2) is 19.0 Å². The van der Waals surface area contributed by atoms with Crippen LogP contribution in [0.25, 0.3) is 0 Å². The van der Waals surface area contributed by atoms with Gasteiger partial charge in [-0.25, -0.2) is 0 Å². The van der Waals surface area contributed by atoms with E-state index in [1.54, 1.807) is 6.26 Å². The van der Waals surface area contributed by atoms with Crippen molar-refractivity contribution < 1.29 is 8.83 Å². The van der Waals surface area contributed by atoms with Crippen LogP contribution in [0.5, 0.6) is 0 Å². The third-order valence-corrected chi connectivity index (χ3v) is 3.09. The quantitative estimate of drug-likeness (QED) is 0.634. The monoisotopic (exact) mass is 289 g/mol. The first kappa shape index (κ1) is 15.2. The molecule has 21 heavy (non-hydrogen) atoms. The summed E-state index contributed by atoms with van der Waals surface area (Å²) in [6, 6.07) is 7.88. The summed E-state index contributed by atoms with van der Waals surface area (Å²) in [5, 5.41) is 6.58. The Bertz CT molecular complexity index is 558. The predicted octanol–water partition coefficient (Wildman–Crippen LogP) is 3.04. The summed E-state index contributed by atoms with van der Waals surface area (Å²) >= 11 is 0. The summed E-state index contributed by atoms with van der Waals surface area (Å²) in [4.78, 5) is 4.55. The van der Waals surface area contributed by atoms with Crippen molar-refractivity contribution in [1.29, 1.82) is 0 Å². The third-order valence-electron chi connectivity index (χ3n) is 3.09. The molecular formula is C16H23N3O2. The van der Waals surface area contributed by atoms with Crippen LogP contribution in [0.15, 0.2) is 44.4 Å². The molecule has 0 radical (unpaired) electrons. The first-order chi connectivity index (χ1) is 10.2. The molecule has 5 heteroatoms. The van der Waals surface area contributed by atoms with Gasteiger partial charge in [0.2, 0.25) is 0 Å². The van der Waals surface area contributed by atoms with E-state index in [1.165, 1.54) is 0 Å². The predicted molar refractivity (Wildman–Crippen MR) is 83.4 cm³/mol. The van der Waals surface area contributed by atoms with Crippen LogP contribution in [0.3, 0.4) is 0 Å². The van der Waals surface area contributed by atoms with Gasteiger partial charge in [0.25, 0.3) is 0 Å². The smallest absolute Gasteiger partial charge is 0.191 e. The largest absolute Gasteiger partial charge is 0.469 e. The first-order valence-electron chi connectivity index (χ1n) is 7.32. The molecule has 0 aliphatic heterocycles. The summed E-state index contributed by atoms with van der Waals surface area (Å²) in [6.07, 6.45) is 2.47. The minimum atomic E-state index is 0.0695. The zero-order chi connectivity index (χ0) is 15.1. The molecular weight excluding hydrogens is 266 g/mol. The van der Waals surface area contributed by atoms with Gasteiger partial charge >= 0.3 is 0 Å². The molecule has 2 aromatic rings. The Morgan fingerprint density at radius 3 is 2.81 bits per heavy atom. The Hall–Kier alpha value is -2.17. The maximum atomic E-state index is 5.63. The average molecular weight is 289 g/mol. The number of rotatable bonds is 6. The van der Waals surface area contributed by atoms with Gasteiger partial charge in [-0.05, 0) is 45.0 Å². The van der Waals surface area contributed by atoms with Gasteiger partial charge in [-0.1, -0.05) is 0 Å². The van der Waals surface area contributed by atoms with Gasteiger partial charge in [-0.15, -0.1) is 0 Å². The molecule has 0 aliphatic carbocycles. The molecule has 0 aromatic carbocycles. The van der Waals surface area contributed by atoms with E-state index in [0.29, 0.717) is 6.54 Å². The maximum Gasteiger partial charge on any atom is 0.191 e. The fourth-order valence-electron chi connectivity index (χ4n) is 2.02. The van der Waals surface area contributed by atoms with Crippen LogP contribution in [0.2, 0.25) is 0 Å². The van der Waals surface area contributed by atoms with Crippen LogP contribution >= 0.6 is 0 Å². The van der Waals surface area contributed by atoms with Crippen molar-refractivity contribution in [2.45, 2.75) is 33.2 Å². The summed E-state index contributed by atoms with van der Waals surface area (Å²) in [5.74, 6) is 3.55. The summed E-state index contributed by atoms with van der Waals surface area (Å²) < 4.78 is 10.9. The van der Waals surface area contributed by atoms with E-state index in [1.807, 2.05) is 38.1 Å². The summed E-state index contributed by atoms with van der Waals surface area (Å²) in [5.41, 5.74) is 0. The number of nitrogens with one attached hydrogen (secondary N) is 2. The third kappa shape index (κ3) is 4.70. The Balaban J connectivity index is 1.91. The molecule has 2 heterocycles. The lowest BCUT2D eigenvalue weighted by Gasteiger charge is -2.16. The summed E-state index contributed by atoms with van der Waals surface area (Å²) in [7, 11) is 0. The van der Waals surface area contributed by atoms with Crippen molar-refractivity contribution in [3.05, 3.63) is 47.8 Å². The van der Waals surface area contributed by atoms with E-state index in [9.17, 15) is 0 Å². The molecule has 1 atom stereocenters. The standard InChI is InChI=1S/C16H23N3O2/c1-4-17-16(18-10-9-14-6-5-11-20-14)19-13(3)15-8-7-12(2)21-15/h5-8,11,13H,4,9-10H2,1-3H3,(H2,17,18,19). The van der Waals surface area contributed by atoms with Gasteiger partial charge in [0.1, 0.15) is 17.3 Å². The van der Waals surface area contributed by atoms with Gasteiger partial charge in [0.15, 0.2) is 5.96 Å². The number of aliphatic imine (C=N–C) groups is 1. The van der Waals surface area contributed by atoms with Crippen molar-refractivity contribution in [3.63, 3.8) is 0 Å². The molecule has 0 spiro atoms. The van der Waals surface area contributed by atoms with Crippen molar-refractivity contribution in [3.8, 4) is 0 Å². The van der Waals surface area contributed by atoms with Crippen molar-refractivity contribution >= 4 is 5.96 Å². The zero-order valence-corrected chi connectivity index (χ0v) is 12.8. The summed E-state index contributed by atoms with van der Waals surface area (Å²) in [6.45, 7) is 7.53. The molecule has 2 N–H and O–H groups in total. The number of aryl methyl sites for hydroxylation is 1. The van der Waals surface area contributed by atoms with E-state index in [4.69, 9.17) is 8.83 Å². The topological polar surface area (TPSA) is 62.7 Å². The minimum absolute atomic E-state index is 0.0695. The first-order valence-corrected chi connectivity index (χ1v) is 7.32. The van der Waals surface area contributed by atoms with E-state index in [0.717, 1.165) is 36.2 Å². The molecule has 114 valence electrons. The lowest BCUT2D eigenvalue weighted by atomic mass is 10.2. The van der Waals surface area contributed by atoms with Crippen LogP contribution in [0.4, 0.5) is 0 Å². The van der Waals surface area contributed by atoms with Crippen LogP contribution in [0.1, 0.15) is 37.2 Å². The van der Waals surface area contributed by atoms with Gasteiger partial charge in [-0.2, -0.15) is 0 Å². The molecule has 0 fully saturated rings. The molecule has 0 saturated heterocycles. The van der Waals surface area contributed by atoms with Gasteiger partial charge in [-0.3, -0.25) is 4.99 Å². The Morgan fingerprint density at radius 2 is 2.19 bits per heavy atom. The SMILES string of the molecule is CCNC(=NCCc1ccco1)NC(C)c1ccc(C)o1. The second-order valence-electron chi connectivity index (χ2n) is 4.90. The fourth-order valence-corrected chi connectivity index (χ4v) is 2.02. The molecule has 2 rings (SSSR count). The molecule has 1 unspecified atom stereocenters. The van der Waals surface area contributed by atoms with Crippen LogP contribution in [0, 0.1) is 6.92 Å². The zero-order valence-electron chi connectivity index (χ0n) is 12.8. The fraction of sp³-hybridized carbons (Fsp3) is 0.438. The molecule has 0 saturated carbocycles. The van der Waals surface area contributed by atoms with Crippen LogP contribution in [-0.2, 0) is 6.42 Å². The highest BCUT2D eigenvalue weighted by molar-refractivity contribution is 5.80. The minimum Gasteiger partial charge on any atom is -0.469 e. The van der Waals surface area contributed by atoms with E-state index >= 15 is 0 Å². The lowest BCUT2D eigenvalue weighted by molar-refractivity contribution is 0.441. The molecule has 5 nitrogen and oxygen atoms in total. The second-order valence-corrected chi connectivity index (χ2v) is 4.90. The lowest BCUT2D eigenvalue weighted by Crippen LogP contribution is -2.38. The molecule has 2 aromatic heterocycles. The second kappa shape index (κ2) is 7.57. The molecule has 0 aliphatic rings. The molecule has 0 bridgehead atoms. The normalized spacial score (nSPS) is 13.2. The Labute approximate surface area is 125 Å². The highest BCUT2D eigenvalue weighted by atomic mass is 16.3. The van der Waals surface area contributed by atoms with E-state index in [2.05, 4.69) is 22.5 Å². The van der Waals surface area contributed by atoms with Gasteiger partial charge in [0, 0.05) is 19.5 Å². The maximum absolute atomic E-state index is 5.63. The number of hydrogen-bond donors (Lipinski definition) is 2. The number of furan rings is 2. The highest BCUT2D eigenvalue weighted by Crippen LogP contribution is 2.15. The van der Waals surface area contributed by atoms with Gasteiger partial charge in [0.05, 0.1) is 12.3 Å². The number of nitrogens with zero attached hydrogens (tertiary/aromatic N) is 1. The van der Waals surface area contributed by atoms with E-state index in [-0.39, 0.29) is 6.04 Å². The van der Waals surface area contributed by atoms with Crippen molar-refractivity contribution in [1.82, 2.24) is 10.6 Å². The average Bonchev–Trinajstić information content (AvgIpc) is 3.10.